The van der Waals surface area contributed by atoms with Crippen molar-refractivity contribution in [2.45, 2.75) is 0 Å². The Morgan fingerprint density at radius 2 is 2.00 bits per heavy atom. The Hall–Kier alpha value is -1.68. The zero-order valence-corrected chi connectivity index (χ0v) is 8.16. The fourth-order valence-electron chi connectivity index (χ4n) is 1.12. The largest absolute Gasteiger partial charge is 0.351 e. The molecule has 2 rings (SSSR count). The van der Waals surface area contributed by atoms with E-state index in [0.717, 1.165) is 0 Å². The highest BCUT2D eigenvalue weighted by Gasteiger charge is 2.11. The number of carbonyl (C=O) groups is 1. The number of aromatic nitrogens is 1. The van der Waals surface area contributed by atoms with E-state index in [0.29, 0.717) is 11.3 Å². The highest BCUT2D eigenvalue weighted by Crippen LogP contribution is 2.19. The molecule has 0 saturated carbocycles. The van der Waals surface area contributed by atoms with E-state index < -0.39 is 5.24 Å². The van der Waals surface area contributed by atoms with E-state index >= 15 is 0 Å². The van der Waals surface area contributed by atoms with Crippen molar-refractivity contribution in [1.82, 2.24) is 5.16 Å². The lowest BCUT2D eigenvalue weighted by Crippen LogP contribution is -1.82. The van der Waals surface area contributed by atoms with E-state index in [-0.39, 0.29) is 11.6 Å². The molecule has 0 unspecified atom stereocenters. The van der Waals surface area contributed by atoms with E-state index in [1.165, 1.54) is 30.3 Å². The first-order valence-electron chi connectivity index (χ1n) is 4.09. The van der Waals surface area contributed by atoms with Gasteiger partial charge in [0.1, 0.15) is 11.5 Å². The van der Waals surface area contributed by atoms with Gasteiger partial charge < -0.3 is 4.52 Å². The van der Waals surface area contributed by atoms with Crippen LogP contribution in [0.4, 0.5) is 4.39 Å². The summed E-state index contributed by atoms with van der Waals surface area (Å²) in [5.74, 6) is -0.369. The molecule has 2 aromatic rings. The maximum Gasteiger partial charge on any atom is 0.290 e. The highest BCUT2D eigenvalue weighted by atomic mass is 35.5. The minimum absolute atomic E-state index is 0.0315. The molecule has 5 heteroatoms. The van der Waals surface area contributed by atoms with Gasteiger partial charge >= 0.3 is 0 Å². The first-order chi connectivity index (χ1) is 7.16. The summed E-state index contributed by atoms with van der Waals surface area (Å²) < 4.78 is 17.3. The molecule has 0 radical (unpaired) electrons. The van der Waals surface area contributed by atoms with Crippen LogP contribution in [0.5, 0.6) is 0 Å². The van der Waals surface area contributed by atoms with Gasteiger partial charge in [0.05, 0.1) is 0 Å². The van der Waals surface area contributed by atoms with Crippen molar-refractivity contribution in [1.29, 1.82) is 0 Å². The summed E-state index contributed by atoms with van der Waals surface area (Å²) in [7, 11) is 0. The third kappa shape index (κ3) is 2.05. The second-order valence-corrected chi connectivity index (χ2v) is 3.20. The first kappa shape index (κ1) is 9.86. The Morgan fingerprint density at radius 3 is 2.53 bits per heavy atom. The van der Waals surface area contributed by atoms with Crippen molar-refractivity contribution < 1.29 is 13.7 Å². The van der Waals surface area contributed by atoms with Crippen LogP contribution in [-0.2, 0) is 0 Å². The third-order valence-corrected chi connectivity index (χ3v) is 2.03. The van der Waals surface area contributed by atoms with Gasteiger partial charge in [-0.25, -0.2) is 4.39 Å². The van der Waals surface area contributed by atoms with Crippen LogP contribution in [0.15, 0.2) is 34.9 Å². The van der Waals surface area contributed by atoms with Crippen LogP contribution >= 0.6 is 11.6 Å². The molecule has 1 aromatic carbocycles. The number of benzene rings is 1. The molecule has 0 amide bonds. The zero-order chi connectivity index (χ0) is 10.8. The molecule has 1 heterocycles. The quantitative estimate of drug-likeness (QED) is 0.738. The number of nitrogens with zero attached hydrogens (tertiary/aromatic N) is 1. The molecule has 3 nitrogen and oxygen atoms in total. The molecular weight excluding hydrogens is 221 g/mol. The Labute approximate surface area is 89.4 Å². The molecule has 0 N–H and O–H groups in total. The SMILES string of the molecule is O=C(Cl)c1cc(-c2ccc(F)cc2)no1. The van der Waals surface area contributed by atoms with Gasteiger partial charge in [-0.2, -0.15) is 0 Å². The minimum Gasteiger partial charge on any atom is -0.351 e. The van der Waals surface area contributed by atoms with Gasteiger partial charge in [-0.05, 0) is 35.9 Å². The van der Waals surface area contributed by atoms with Crippen molar-refractivity contribution in [3.8, 4) is 11.3 Å². The van der Waals surface area contributed by atoms with Gasteiger partial charge in [0.2, 0.25) is 5.76 Å². The lowest BCUT2D eigenvalue weighted by molar-refractivity contribution is 0.104. The Kier molecular flexibility index (Phi) is 2.51. The monoisotopic (exact) mass is 225 g/mol. The molecule has 0 saturated heterocycles. The average Bonchev–Trinajstić information content (AvgIpc) is 2.68. The van der Waals surface area contributed by atoms with E-state index in [1.54, 1.807) is 0 Å². The molecule has 0 bridgehead atoms. The van der Waals surface area contributed by atoms with Crippen molar-refractivity contribution in [3.63, 3.8) is 0 Å². The van der Waals surface area contributed by atoms with Gasteiger partial charge in [-0.3, -0.25) is 4.79 Å². The van der Waals surface area contributed by atoms with E-state index in [2.05, 4.69) is 9.68 Å². The smallest absolute Gasteiger partial charge is 0.290 e. The van der Waals surface area contributed by atoms with Crippen LogP contribution < -0.4 is 0 Å². The summed E-state index contributed by atoms with van der Waals surface area (Å²) in [5, 5.41) is 2.92. The maximum absolute atomic E-state index is 12.6. The lowest BCUT2D eigenvalue weighted by Gasteiger charge is -1.93. The second-order valence-electron chi connectivity index (χ2n) is 2.86. The summed E-state index contributed by atoms with van der Waals surface area (Å²) in [5.41, 5.74) is 1.10. The second kappa shape index (κ2) is 3.82. The Balaban J connectivity index is 2.37. The van der Waals surface area contributed by atoms with Crippen LogP contribution in [0.1, 0.15) is 10.6 Å². The fourth-order valence-corrected chi connectivity index (χ4v) is 1.21. The molecule has 76 valence electrons. The Morgan fingerprint density at radius 1 is 1.33 bits per heavy atom. The minimum atomic E-state index is -0.712. The van der Waals surface area contributed by atoms with Crippen LogP contribution in [0.2, 0.25) is 0 Å². The summed E-state index contributed by atoms with van der Waals surface area (Å²) in [6.07, 6.45) is 0. The number of hydrogen-bond donors (Lipinski definition) is 0. The van der Waals surface area contributed by atoms with Gasteiger partial charge in [0.15, 0.2) is 0 Å². The molecule has 0 atom stereocenters. The van der Waals surface area contributed by atoms with Crippen LogP contribution in [0, 0.1) is 5.82 Å². The number of rotatable bonds is 2. The predicted octanol–water partition coefficient (Wildman–Crippen LogP) is 2.86. The number of halogens is 2. The van der Waals surface area contributed by atoms with E-state index in [4.69, 9.17) is 11.6 Å². The highest BCUT2D eigenvalue weighted by molar-refractivity contribution is 6.67. The number of carbonyl (C=O) groups excluding carboxylic acids is 1. The molecule has 0 aliphatic carbocycles. The molecule has 0 spiro atoms. The van der Waals surface area contributed by atoms with E-state index in [9.17, 15) is 9.18 Å². The van der Waals surface area contributed by atoms with Crippen molar-refractivity contribution >= 4 is 16.8 Å². The third-order valence-electron chi connectivity index (χ3n) is 1.84. The maximum atomic E-state index is 12.6. The topological polar surface area (TPSA) is 43.1 Å². The summed E-state index contributed by atoms with van der Waals surface area (Å²) in [6, 6.07) is 7.08. The van der Waals surface area contributed by atoms with Gasteiger partial charge in [-0.15, -0.1) is 0 Å². The summed E-state index contributed by atoms with van der Waals surface area (Å²) >= 11 is 5.20. The van der Waals surface area contributed by atoms with Crippen molar-refractivity contribution in [3.05, 3.63) is 41.9 Å². The van der Waals surface area contributed by atoms with Crippen LogP contribution in [-0.4, -0.2) is 10.4 Å². The molecule has 0 aliphatic rings. The van der Waals surface area contributed by atoms with Crippen LogP contribution in [0.25, 0.3) is 11.3 Å². The van der Waals surface area contributed by atoms with Gasteiger partial charge in [-0.1, -0.05) is 5.16 Å². The van der Waals surface area contributed by atoms with Crippen molar-refractivity contribution in [2.24, 2.45) is 0 Å². The average molecular weight is 226 g/mol. The molecular formula is C10H5ClFNO2. The lowest BCUT2D eigenvalue weighted by atomic mass is 10.1. The fraction of sp³-hybridized carbons (Fsp3) is 0. The standard InChI is InChI=1S/C10H5ClFNO2/c11-10(14)9-5-8(13-15-9)6-1-3-7(12)4-2-6/h1-5H. The molecule has 15 heavy (non-hydrogen) atoms. The van der Waals surface area contributed by atoms with Crippen molar-refractivity contribution in [2.75, 3.05) is 0 Å². The molecule has 1 aromatic heterocycles. The molecule has 0 fully saturated rings. The number of hydrogen-bond acceptors (Lipinski definition) is 3. The van der Waals surface area contributed by atoms with Gasteiger partial charge in [0.25, 0.3) is 5.24 Å². The zero-order valence-electron chi connectivity index (χ0n) is 7.41. The Bertz CT molecular complexity index is 492. The molecule has 0 aliphatic heterocycles. The predicted molar refractivity (Wildman–Crippen MR) is 52.1 cm³/mol. The summed E-state index contributed by atoms with van der Waals surface area (Å²) in [6.45, 7) is 0. The summed E-state index contributed by atoms with van der Waals surface area (Å²) in [4.78, 5) is 10.7. The van der Waals surface area contributed by atoms with Gasteiger partial charge in [0, 0.05) is 11.6 Å². The normalized spacial score (nSPS) is 10.3. The van der Waals surface area contributed by atoms with Crippen LogP contribution in [0.3, 0.4) is 0 Å². The first-order valence-corrected chi connectivity index (χ1v) is 4.47. The van der Waals surface area contributed by atoms with E-state index in [1.807, 2.05) is 0 Å².